The molecule has 2 aliphatic rings. The van der Waals surface area contributed by atoms with Crippen LogP contribution in [-0.4, -0.2) is 70.6 Å². The van der Waals surface area contributed by atoms with Gasteiger partial charge in [0.1, 0.15) is 0 Å². The summed E-state index contributed by atoms with van der Waals surface area (Å²) in [6.07, 6.45) is 6.59. The number of hydrogen-bond acceptors (Lipinski definition) is 7. The first-order valence-corrected chi connectivity index (χ1v) is 9.45. The van der Waals surface area contributed by atoms with Gasteiger partial charge < -0.3 is 14.7 Å². The average Bonchev–Trinajstić information content (AvgIpc) is 3.27. The van der Waals surface area contributed by atoms with Gasteiger partial charge in [0, 0.05) is 31.5 Å². The first kappa shape index (κ1) is 18.1. The van der Waals surface area contributed by atoms with Crippen LogP contribution >= 0.6 is 0 Å². The SMILES string of the molecule is CN(Cc1nc(-c2ccncc2)no1)C(=O)[C@@H]1CC2(CCNCC2)CN1C. The quantitative estimate of drug-likeness (QED) is 0.864. The lowest BCUT2D eigenvalue weighted by molar-refractivity contribution is -0.135. The Labute approximate surface area is 158 Å². The maximum Gasteiger partial charge on any atom is 0.246 e. The molecular weight excluding hydrogens is 344 g/mol. The van der Waals surface area contributed by atoms with Crippen molar-refractivity contribution in [3.8, 4) is 11.4 Å². The van der Waals surface area contributed by atoms with Crippen LogP contribution in [0.15, 0.2) is 29.0 Å². The van der Waals surface area contributed by atoms with Crippen molar-refractivity contribution in [2.24, 2.45) is 5.41 Å². The summed E-state index contributed by atoms with van der Waals surface area (Å²) in [5.74, 6) is 1.08. The summed E-state index contributed by atoms with van der Waals surface area (Å²) < 4.78 is 5.34. The fourth-order valence-corrected chi connectivity index (χ4v) is 4.34. The summed E-state index contributed by atoms with van der Waals surface area (Å²) in [6, 6.07) is 3.58. The predicted octanol–water partition coefficient (Wildman–Crippen LogP) is 1.16. The number of nitrogens with one attached hydrogen (secondary N) is 1. The molecule has 0 aliphatic carbocycles. The van der Waals surface area contributed by atoms with E-state index in [0.717, 1.165) is 44.5 Å². The highest BCUT2D eigenvalue weighted by molar-refractivity contribution is 5.82. The molecule has 2 aromatic heterocycles. The lowest BCUT2D eigenvalue weighted by Gasteiger charge is -2.33. The average molecular weight is 370 g/mol. The van der Waals surface area contributed by atoms with Crippen LogP contribution in [0.25, 0.3) is 11.4 Å². The molecule has 0 bridgehead atoms. The highest BCUT2D eigenvalue weighted by Gasteiger charge is 2.46. The Balaban J connectivity index is 1.40. The smallest absolute Gasteiger partial charge is 0.246 e. The van der Waals surface area contributed by atoms with Crippen molar-refractivity contribution < 1.29 is 9.32 Å². The minimum Gasteiger partial charge on any atom is -0.337 e. The normalized spacial score (nSPS) is 22.2. The van der Waals surface area contributed by atoms with Gasteiger partial charge in [-0.3, -0.25) is 14.7 Å². The minimum atomic E-state index is -0.0734. The van der Waals surface area contributed by atoms with Gasteiger partial charge in [-0.25, -0.2) is 0 Å². The number of nitrogens with zero attached hydrogens (tertiary/aromatic N) is 5. The number of likely N-dealkylation sites (tertiary alicyclic amines) is 1. The third kappa shape index (κ3) is 3.72. The maximum atomic E-state index is 13.0. The van der Waals surface area contributed by atoms with Gasteiger partial charge in [0.2, 0.25) is 17.6 Å². The fourth-order valence-electron chi connectivity index (χ4n) is 4.34. The molecule has 8 heteroatoms. The number of piperidine rings is 1. The van der Waals surface area contributed by atoms with Crippen LogP contribution in [0.5, 0.6) is 0 Å². The zero-order valence-corrected chi connectivity index (χ0v) is 15.9. The van der Waals surface area contributed by atoms with Crippen molar-refractivity contribution in [3.05, 3.63) is 30.4 Å². The van der Waals surface area contributed by atoms with Crippen molar-refractivity contribution in [2.75, 3.05) is 33.7 Å². The van der Waals surface area contributed by atoms with Crippen molar-refractivity contribution in [2.45, 2.75) is 31.8 Å². The first-order valence-electron chi connectivity index (χ1n) is 9.45. The van der Waals surface area contributed by atoms with Crippen LogP contribution in [-0.2, 0) is 11.3 Å². The van der Waals surface area contributed by atoms with Crippen LogP contribution in [0.2, 0.25) is 0 Å². The molecule has 2 saturated heterocycles. The summed E-state index contributed by atoms with van der Waals surface area (Å²) in [7, 11) is 3.86. The maximum absolute atomic E-state index is 13.0. The van der Waals surface area contributed by atoms with E-state index in [-0.39, 0.29) is 17.4 Å². The number of carbonyl (C=O) groups is 1. The predicted molar refractivity (Wildman–Crippen MR) is 99.6 cm³/mol. The number of likely N-dealkylation sites (N-methyl/N-ethyl adjacent to an activating group) is 2. The van der Waals surface area contributed by atoms with Crippen molar-refractivity contribution >= 4 is 5.91 Å². The van der Waals surface area contributed by atoms with Crippen LogP contribution < -0.4 is 5.32 Å². The molecule has 0 saturated carbocycles. The van der Waals surface area contributed by atoms with Gasteiger partial charge in [0.15, 0.2) is 0 Å². The number of pyridine rings is 1. The molecule has 1 N–H and O–H groups in total. The molecule has 1 spiro atoms. The molecule has 4 rings (SSSR count). The van der Waals surface area contributed by atoms with Gasteiger partial charge in [-0.1, -0.05) is 5.16 Å². The fraction of sp³-hybridized carbons (Fsp3) is 0.579. The minimum absolute atomic E-state index is 0.0734. The van der Waals surface area contributed by atoms with E-state index in [9.17, 15) is 4.79 Å². The number of carbonyl (C=O) groups excluding carboxylic acids is 1. The summed E-state index contributed by atoms with van der Waals surface area (Å²) in [4.78, 5) is 25.3. The third-order valence-electron chi connectivity index (χ3n) is 5.85. The van der Waals surface area contributed by atoms with E-state index in [1.54, 1.807) is 24.3 Å². The van der Waals surface area contributed by atoms with Crippen molar-refractivity contribution in [1.29, 1.82) is 0 Å². The Morgan fingerprint density at radius 3 is 2.85 bits per heavy atom. The molecule has 4 heterocycles. The Morgan fingerprint density at radius 2 is 2.11 bits per heavy atom. The largest absolute Gasteiger partial charge is 0.337 e. The lowest BCUT2D eigenvalue weighted by atomic mass is 9.77. The molecule has 1 amide bonds. The number of aromatic nitrogens is 3. The van der Waals surface area contributed by atoms with Gasteiger partial charge >= 0.3 is 0 Å². The molecule has 0 unspecified atom stereocenters. The Bertz CT molecular complexity index is 787. The molecule has 0 aromatic carbocycles. The summed E-state index contributed by atoms with van der Waals surface area (Å²) in [5, 5.41) is 7.43. The van der Waals surface area contributed by atoms with Crippen LogP contribution in [0.1, 0.15) is 25.2 Å². The second kappa shape index (κ2) is 7.36. The van der Waals surface area contributed by atoms with E-state index in [1.807, 2.05) is 12.1 Å². The molecule has 27 heavy (non-hydrogen) atoms. The van der Waals surface area contributed by atoms with Crippen LogP contribution in [0, 0.1) is 5.41 Å². The topological polar surface area (TPSA) is 87.4 Å². The summed E-state index contributed by atoms with van der Waals surface area (Å²) in [5.41, 5.74) is 1.12. The zero-order chi connectivity index (χ0) is 18.9. The second-order valence-electron chi connectivity index (χ2n) is 7.83. The van der Waals surface area contributed by atoms with E-state index < -0.39 is 0 Å². The standard InChI is InChI=1S/C19H26N6O2/c1-24(12-16-22-17(23-27-16)14-3-7-20-8-4-14)18(26)15-11-19(13-25(15)2)5-9-21-10-6-19/h3-4,7-8,15,21H,5-6,9-13H2,1-2H3/t15-/m0/s1. The molecule has 1 atom stereocenters. The molecule has 8 nitrogen and oxygen atoms in total. The van der Waals surface area contributed by atoms with E-state index in [2.05, 4.69) is 32.4 Å². The van der Waals surface area contributed by atoms with Gasteiger partial charge in [-0.05, 0) is 56.9 Å². The Morgan fingerprint density at radius 1 is 1.37 bits per heavy atom. The molecule has 2 aliphatic heterocycles. The number of amides is 1. The first-order chi connectivity index (χ1) is 13.1. The molecule has 0 radical (unpaired) electrons. The van der Waals surface area contributed by atoms with Gasteiger partial charge in [0.25, 0.3) is 0 Å². The van der Waals surface area contributed by atoms with E-state index >= 15 is 0 Å². The summed E-state index contributed by atoms with van der Waals surface area (Å²) >= 11 is 0. The second-order valence-corrected chi connectivity index (χ2v) is 7.83. The number of hydrogen-bond donors (Lipinski definition) is 1. The van der Waals surface area contributed by atoms with E-state index in [0.29, 0.717) is 18.3 Å². The van der Waals surface area contributed by atoms with Crippen LogP contribution in [0.4, 0.5) is 0 Å². The summed E-state index contributed by atoms with van der Waals surface area (Å²) in [6.45, 7) is 3.40. The molecular formula is C19H26N6O2. The third-order valence-corrected chi connectivity index (χ3v) is 5.85. The van der Waals surface area contributed by atoms with Gasteiger partial charge in [-0.2, -0.15) is 4.98 Å². The zero-order valence-electron chi connectivity index (χ0n) is 15.9. The van der Waals surface area contributed by atoms with Gasteiger partial charge in [0.05, 0.1) is 12.6 Å². The lowest BCUT2D eigenvalue weighted by Crippen LogP contribution is -2.42. The molecule has 2 aromatic rings. The highest BCUT2D eigenvalue weighted by Crippen LogP contribution is 2.41. The monoisotopic (exact) mass is 370 g/mol. The molecule has 144 valence electrons. The molecule has 2 fully saturated rings. The van der Waals surface area contributed by atoms with Crippen molar-refractivity contribution in [1.82, 2.24) is 30.2 Å². The van der Waals surface area contributed by atoms with E-state index in [1.165, 1.54) is 0 Å². The Kier molecular flexibility index (Phi) is 4.92. The van der Waals surface area contributed by atoms with Crippen LogP contribution in [0.3, 0.4) is 0 Å². The Hall–Kier alpha value is -2.32. The number of rotatable bonds is 4. The van der Waals surface area contributed by atoms with Crippen molar-refractivity contribution in [3.63, 3.8) is 0 Å². The van der Waals surface area contributed by atoms with E-state index in [4.69, 9.17) is 4.52 Å². The highest BCUT2D eigenvalue weighted by atomic mass is 16.5. The van der Waals surface area contributed by atoms with Gasteiger partial charge in [-0.15, -0.1) is 0 Å².